The zero-order valence-corrected chi connectivity index (χ0v) is 16.3. The molecule has 1 atom stereocenters. The van der Waals surface area contributed by atoms with Crippen LogP contribution in [-0.2, 0) is 6.18 Å². The van der Waals surface area contributed by atoms with Crippen LogP contribution in [0.5, 0.6) is 0 Å². The number of aromatic nitrogens is 3. The van der Waals surface area contributed by atoms with E-state index in [4.69, 9.17) is 4.52 Å². The van der Waals surface area contributed by atoms with Crippen LogP contribution in [0.4, 0.5) is 13.2 Å². The first kappa shape index (κ1) is 19.6. The summed E-state index contributed by atoms with van der Waals surface area (Å²) in [5.74, 6) is 0.785. The van der Waals surface area contributed by atoms with Gasteiger partial charge in [0.1, 0.15) is 10.7 Å². The molecule has 0 N–H and O–H groups in total. The van der Waals surface area contributed by atoms with Gasteiger partial charge in [0, 0.05) is 24.0 Å². The summed E-state index contributed by atoms with van der Waals surface area (Å²) in [6.45, 7) is 2.76. The Bertz CT molecular complexity index is 1030. The number of nitrogens with zero attached hydrogens (tertiary/aromatic N) is 4. The van der Waals surface area contributed by atoms with E-state index in [0.29, 0.717) is 35.4 Å². The lowest BCUT2D eigenvalue weighted by Gasteiger charge is -2.30. The first-order chi connectivity index (χ1) is 13.8. The van der Waals surface area contributed by atoms with Crippen molar-refractivity contribution in [1.82, 2.24) is 20.0 Å². The standard InChI is InChI=1S/C19H17F3N4O2S/c1-11-23-16(28-25-11)13-5-3-7-26(9-13)18(27)15-10-29-17(24-15)12-4-2-6-14(8-12)19(20,21)22/h2,4,6,8,10,13H,3,5,7,9H2,1H3. The van der Waals surface area contributed by atoms with Crippen LogP contribution >= 0.6 is 11.3 Å². The zero-order valence-electron chi connectivity index (χ0n) is 15.4. The summed E-state index contributed by atoms with van der Waals surface area (Å²) >= 11 is 1.15. The monoisotopic (exact) mass is 422 g/mol. The van der Waals surface area contributed by atoms with Gasteiger partial charge in [-0.25, -0.2) is 4.98 Å². The fourth-order valence-corrected chi connectivity index (χ4v) is 4.13. The first-order valence-electron chi connectivity index (χ1n) is 9.04. The number of benzene rings is 1. The molecular formula is C19H17F3N4O2S. The molecule has 0 spiro atoms. The van der Waals surface area contributed by atoms with Crippen LogP contribution in [-0.4, -0.2) is 39.0 Å². The number of alkyl halides is 3. The second-order valence-corrected chi connectivity index (χ2v) is 7.74. The minimum atomic E-state index is -4.43. The average molecular weight is 422 g/mol. The smallest absolute Gasteiger partial charge is 0.339 e. The summed E-state index contributed by atoms with van der Waals surface area (Å²) in [5.41, 5.74) is -0.182. The van der Waals surface area contributed by atoms with Crippen molar-refractivity contribution in [2.45, 2.75) is 31.9 Å². The van der Waals surface area contributed by atoms with Gasteiger partial charge in [-0.2, -0.15) is 18.2 Å². The maximum Gasteiger partial charge on any atom is 0.416 e. The lowest BCUT2D eigenvalue weighted by Crippen LogP contribution is -2.39. The summed E-state index contributed by atoms with van der Waals surface area (Å²) < 4.78 is 44.1. The van der Waals surface area contributed by atoms with E-state index < -0.39 is 11.7 Å². The molecule has 29 heavy (non-hydrogen) atoms. The minimum Gasteiger partial charge on any atom is -0.339 e. The molecule has 2 aromatic heterocycles. The molecule has 0 bridgehead atoms. The number of thiazole rings is 1. The summed E-state index contributed by atoms with van der Waals surface area (Å²) in [7, 11) is 0. The molecule has 1 aromatic carbocycles. The van der Waals surface area contributed by atoms with E-state index in [2.05, 4.69) is 15.1 Å². The van der Waals surface area contributed by atoms with Crippen LogP contribution in [0.15, 0.2) is 34.2 Å². The number of piperidine rings is 1. The van der Waals surface area contributed by atoms with Gasteiger partial charge in [-0.15, -0.1) is 11.3 Å². The fraction of sp³-hybridized carbons (Fsp3) is 0.368. The number of aryl methyl sites for hydroxylation is 1. The molecule has 4 rings (SSSR count). The normalized spacial score (nSPS) is 17.5. The lowest BCUT2D eigenvalue weighted by molar-refractivity contribution is -0.137. The van der Waals surface area contributed by atoms with Gasteiger partial charge < -0.3 is 9.42 Å². The second-order valence-electron chi connectivity index (χ2n) is 6.89. The highest BCUT2D eigenvalue weighted by Gasteiger charge is 2.32. The Hall–Kier alpha value is -2.75. The largest absolute Gasteiger partial charge is 0.416 e. The summed E-state index contributed by atoms with van der Waals surface area (Å²) in [6, 6.07) is 4.94. The molecule has 10 heteroatoms. The van der Waals surface area contributed by atoms with E-state index >= 15 is 0 Å². The third kappa shape index (κ3) is 4.16. The SMILES string of the molecule is Cc1noc(C2CCCN(C(=O)c3csc(-c4cccc(C(F)(F)F)c4)n3)C2)n1. The van der Waals surface area contributed by atoms with Gasteiger partial charge >= 0.3 is 6.18 Å². The van der Waals surface area contributed by atoms with Crippen LogP contribution in [0.25, 0.3) is 10.6 Å². The van der Waals surface area contributed by atoms with Gasteiger partial charge in [0.15, 0.2) is 5.82 Å². The van der Waals surface area contributed by atoms with E-state index in [9.17, 15) is 18.0 Å². The molecule has 1 aliphatic rings. The summed E-state index contributed by atoms with van der Waals surface area (Å²) in [6.07, 6.45) is -2.79. The number of likely N-dealkylation sites (tertiary alicyclic amines) is 1. The van der Waals surface area contributed by atoms with E-state index in [0.717, 1.165) is 36.3 Å². The van der Waals surface area contributed by atoms with Crippen molar-refractivity contribution in [2.24, 2.45) is 0 Å². The Morgan fingerprint density at radius 3 is 2.86 bits per heavy atom. The molecule has 6 nitrogen and oxygen atoms in total. The fourth-order valence-electron chi connectivity index (χ4n) is 3.34. The van der Waals surface area contributed by atoms with Crippen molar-refractivity contribution in [2.75, 3.05) is 13.1 Å². The molecule has 1 fully saturated rings. The third-order valence-electron chi connectivity index (χ3n) is 4.76. The van der Waals surface area contributed by atoms with Crippen LogP contribution in [0.1, 0.15) is 46.5 Å². The summed E-state index contributed by atoms with van der Waals surface area (Å²) in [5, 5.41) is 5.76. The highest BCUT2D eigenvalue weighted by atomic mass is 32.1. The predicted octanol–water partition coefficient (Wildman–Crippen LogP) is 4.54. The number of hydrogen-bond donors (Lipinski definition) is 0. The molecule has 0 aliphatic carbocycles. The molecule has 3 heterocycles. The second kappa shape index (κ2) is 7.58. The van der Waals surface area contributed by atoms with Crippen molar-refractivity contribution >= 4 is 17.2 Å². The summed E-state index contributed by atoms with van der Waals surface area (Å²) in [4.78, 5) is 23.1. The third-order valence-corrected chi connectivity index (χ3v) is 5.65. The van der Waals surface area contributed by atoms with E-state index in [-0.39, 0.29) is 17.5 Å². The number of amides is 1. The van der Waals surface area contributed by atoms with Gasteiger partial charge in [-0.3, -0.25) is 4.79 Å². The van der Waals surface area contributed by atoms with Gasteiger partial charge in [-0.1, -0.05) is 17.3 Å². The molecule has 1 saturated heterocycles. The van der Waals surface area contributed by atoms with Gasteiger partial charge in [0.2, 0.25) is 5.89 Å². The van der Waals surface area contributed by atoms with E-state index in [1.807, 2.05) is 0 Å². The predicted molar refractivity (Wildman–Crippen MR) is 99.5 cm³/mol. The average Bonchev–Trinajstić information content (AvgIpc) is 3.36. The van der Waals surface area contributed by atoms with Crippen LogP contribution < -0.4 is 0 Å². The lowest BCUT2D eigenvalue weighted by atomic mass is 9.98. The zero-order chi connectivity index (χ0) is 20.6. The Kier molecular flexibility index (Phi) is 5.12. The minimum absolute atomic E-state index is 0.0320. The molecule has 0 saturated carbocycles. The highest BCUT2D eigenvalue weighted by Crippen LogP contribution is 2.33. The highest BCUT2D eigenvalue weighted by molar-refractivity contribution is 7.13. The number of rotatable bonds is 3. The number of carbonyl (C=O) groups excluding carboxylic acids is 1. The number of carbonyl (C=O) groups is 1. The number of halogens is 3. The van der Waals surface area contributed by atoms with Crippen LogP contribution in [0.3, 0.4) is 0 Å². The van der Waals surface area contributed by atoms with Crippen molar-refractivity contribution in [3.8, 4) is 10.6 Å². The quantitative estimate of drug-likeness (QED) is 0.620. The van der Waals surface area contributed by atoms with Crippen molar-refractivity contribution < 1.29 is 22.5 Å². The maximum absolute atomic E-state index is 12.9. The Labute approximate surface area is 168 Å². The maximum atomic E-state index is 12.9. The van der Waals surface area contributed by atoms with E-state index in [1.165, 1.54) is 6.07 Å². The van der Waals surface area contributed by atoms with Gasteiger partial charge in [0.05, 0.1) is 11.5 Å². The van der Waals surface area contributed by atoms with Crippen molar-refractivity contribution in [3.63, 3.8) is 0 Å². The topological polar surface area (TPSA) is 72.1 Å². The first-order valence-corrected chi connectivity index (χ1v) is 9.92. The Morgan fingerprint density at radius 2 is 2.14 bits per heavy atom. The van der Waals surface area contributed by atoms with Gasteiger partial charge in [-0.05, 0) is 31.9 Å². The molecule has 1 unspecified atom stereocenters. The molecular weight excluding hydrogens is 405 g/mol. The van der Waals surface area contributed by atoms with Crippen molar-refractivity contribution in [1.29, 1.82) is 0 Å². The molecule has 1 amide bonds. The Morgan fingerprint density at radius 1 is 1.31 bits per heavy atom. The van der Waals surface area contributed by atoms with Crippen LogP contribution in [0.2, 0.25) is 0 Å². The van der Waals surface area contributed by atoms with E-state index in [1.54, 1.807) is 23.3 Å². The molecule has 3 aromatic rings. The number of hydrogen-bond acceptors (Lipinski definition) is 6. The molecule has 152 valence electrons. The molecule has 0 radical (unpaired) electrons. The van der Waals surface area contributed by atoms with Crippen LogP contribution in [0, 0.1) is 6.92 Å². The van der Waals surface area contributed by atoms with Crippen molar-refractivity contribution in [3.05, 3.63) is 52.6 Å². The molecule has 1 aliphatic heterocycles. The Balaban J connectivity index is 1.51. The van der Waals surface area contributed by atoms with Gasteiger partial charge in [0.25, 0.3) is 5.91 Å².